The summed E-state index contributed by atoms with van der Waals surface area (Å²) >= 11 is 0. The first-order valence-electron chi connectivity index (χ1n) is 5.65. The van der Waals surface area contributed by atoms with Crippen LogP contribution in [0, 0.1) is 12.7 Å². The third kappa shape index (κ3) is 2.18. The Kier molecular flexibility index (Phi) is 3.18. The summed E-state index contributed by atoms with van der Waals surface area (Å²) in [5.74, 6) is 0.653. The van der Waals surface area contributed by atoms with E-state index in [2.05, 4.69) is 6.58 Å². The Morgan fingerprint density at radius 2 is 2.29 bits per heavy atom. The molecule has 90 valence electrons. The van der Waals surface area contributed by atoms with Crippen molar-refractivity contribution >= 4 is 11.8 Å². The third-order valence-electron chi connectivity index (χ3n) is 3.04. The number of fused-ring (bicyclic) bond motifs is 1. The molecule has 0 radical (unpaired) electrons. The number of anilines is 1. The van der Waals surface area contributed by atoms with Gasteiger partial charge in [-0.3, -0.25) is 0 Å². The van der Waals surface area contributed by atoms with Gasteiger partial charge >= 0.3 is 0 Å². The van der Waals surface area contributed by atoms with Gasteiger partial charge in [0.15, 0.2) is 0 Å². The van der Waals surface area contributed by atoms with Crippen LogP contribution in [0.3, 0.4) is 0 Å². The lowest BCUT2D eigenvalue weighted by Gasteiger charge is -2.20. The molecule has 0 aliphatic heterocycles. The maximum Gasteiger partial charge on any atom is 0.128 e. The van der Waals surface area contributed by atoms with Crippen molar-refractivity contribution in [3.8, 4) is 0 Å². The first-order valence-corrected chi connectivity index (χ1v) is 5.65. The summed E-state index contributed by atoms with van der Waals surface area (Å²) in [6, 6.07) is 1.38. The molecule has 1 aliphatic rings. The van der Waals surface area contributed by atoms with E-state index in [9.17, 15) is 4.39 Å². The molecule has 17 heavy (non-hydrogen) atoms. The normalized spacial score (nSPS) is 13.9. The SMILES string of the molecule is C=CCOC1=Cc2c(N)cc(F)c(C)c2CC1. The molecule has 0 bridgehead atoms. The molecule has 0 amide bonds. The minimum absolute atomic E-state index is 0.231. The van der Waals surface area contributed by atoms with E-state index in [4.69, 9.17) is 10.5 Å². The highest BCUT2D eigenvalue weighted by atomic mass is 19.1. The number of hydrogen-bond acceptors (Lipinski definition) is 2. The molecule has 1 aliphatic carbocycles. The second-order valence-electron chi connectivity index (χ2n) is 4.18. The summed E-state index contributed by atoms with van der Waals surface area (Å²) in [5.41, 5.74) is 8.90. The van der Waals surface area contributed by atoms with Gasteiger partial charge in [-0.1, -0.05) is 12.7 Å². The Labute approximate surface area is 101 Å². The highest BCUT2D eigenvalue weighted by Crippen LogP contribution is 2.32. The Balaban J connectivity index is 2.41. The topological polar surface area (TPSA) is 35.2 Å². The van der Waals surface area contributed by atoms with Crippen molar-refractivity contribution in [2.75, 3.05) is 12.3 Å². The number of nitrogens with two attached hydrogens (primary N) is 1. The molecule has 0 spiro atoms. The van der Waals surface area contributed by atoms with Crippen molar-refractivity contribution in [3.63, 3.8) is 0 Å². The maximum absolute atomic E-state index is 13.5. The molecule has 0 heterocycles. The maximum atomic E-state index is 13.5. The van der Waals surface area contributed by atoms with Crippen LogP contribution >= 0.6 is 0 Å². The van der Waals surface area contributed by atoms with Crippen LogP contribution in [0.15, 0.2) is 24.5 Å². The zero-order valence-corrected chi connectivity index (χ0v) is 9.92. The number of nitrogen functional groups attached to an aromatic ring is 1. The van der Waals surface area contributed by atoms with Crippen molar-refractivity contribution in [2.24, 2.45) is 0 Å². The molecular formula is C14H16FNO. The smallest absolute Gasteiger partial charge is 0.128 e. The minimum atomic E-state index is -0.231. The fourth-order valence-corrected chi connectivity index (χ4v) is 2.10. The molecular weight excluding hydrogens is 217 g/mol. The van der Waals surface area contributed by atoms with Crippen LogP contribution in [-0.2, 0) is 11.2 Å². The molecule has 0 aromatic heterocycles. The molecule has 0 atom stereocenters. The number of allylic oxidation sites excluding steroid dienone is 1. The first kappa shape index (κ1) is 11.7. The lowest BCUT2D eigenvalue weighted by atomic mass is 9.91. The Morgan fingerprint density at radius 1 is 1.53 bits per heavy atom. The van der Waals surface area contributed by atoms with E-state index in [1.165, 1.54) is 6.07 Å². The third-order valence-corrected chi connectivity index (χ3v) is 3.04. The fraction of sp³-hybridized carbons (Fsp3) is 0.286. The van der Waals surface area contributed by atoms with Gasteiger partial charge in [0, 0.05) is 17.7 Å². The van der Waals surface area contributed by atoms with Crippen LogP contribution in [0.1, 0.15) is 23.1 Å². The summed E-state index contributed by atoms with van der Waals surface area (Å²) in [4.78, 5) is 0. The van der Waals surface area contributed by atoms with Gasteiger partial charge in [-0.25, -0.2) is 4.39 Å². The van der Waals surface area contributed by atoms with E-state index in [0.717, 1.165) is 29.7 Å². The van der Waals surface area contributed by atoms with Gasteiger partial charge in [-0.15, -0.1) is 0 Å². The standard InChI is InChI=1S/C14H16FNO/c1-3-6-17-10-4-5-11-9(2)13(15)8-14(16)12(11)7-10/h3,7-8H,1,4-6,16H2,2H3. The van der Waals surface area contributed by atoms with Gasteiger partial charge in [-0.2, -0.15) is 0 Å². The van der Waals surface area contributed by atoms with Gasteiger partial charge in [0.1, 0.15) is 12.4 Å². The predicted octanol–water partition coefficient (Wildman–Crippen LogP) is 3.21. The predicted molar refractivity (Wildman–Crippen MR) is 68.0 cm³/mol. The van der Waals surface area contributed by atoms with Gasteiger partial charge < -0.3 is 10.5 Å². The van der Waals surface area contributed by atoms with Crippen molar-refractivity contribution < 1.29 is 9.13 Å². The minimum Gasteiger partial charge on any atom is -0.494 e. The van der Waals surface area contributed by atoms with Crippen LogP contribution < -0.4 is 5.73 Å². The van der Waals surface area contributed by atoms with Crippen LogP contribution in [-0.4, -0.2) is 6.61 Å². The lowest BCUT2D eigenvalue weighted by molar-refractivity contribution is 0.238. The van der Waals surface area contributed by atoms with E-state index in [-0.39, 0.29) is 5.82 Å². The van der Waals surface area contributed by atoms with Crippen LogP contribution in [0.4, 0.5) is 10.1 Å². The Morgan fingerprint density at radius 3 is 3.00 bits per heavy atom. The largest absolute Gasteiger partial charge is 0.494 e. The molecule has 0 fully saturated rings. The number of hydrogen-bond donors (Lipinski definition) is 1. The lowest BCUT2D eigenvalue weighted by Crippen LogP contribution is -2.08. The number of halogens is 1. The van der Waals surface area contributed by atoms with E-state index < -0.39 is 0 Å². The number of rotatable bonds is 3. The summed E-state index contributed by atoms with van der Waals surface area (Å²) in [6.07, 6.45) is 5.16. The average Bonchev–Trinajstić information content (AvgIpc) is 2.33. The van der Waals surface area contributed by atoms with Gasteiger partial charge in [-0.05, 0) is 36.6 Å². The zero-order valence-electron chi connectivity index (χ0n) is 9.92. The van der Waals surface area contributed by atoms with Gasteiger partial charge in [0.2, 0.25) is 0 Å². The molecule has 2 N–H and O–H groups in total. The molecule has 2 rings (SSSR count). The van der Waals surface area contributed by atoms with Crippen LogP contribution in [0.5, 0.6) is 0 Å². The molecule has 2 nitrogen and oxygen atoms in total. The quantitative estimate of drug-likeness (QED) is 0.642. The van der Waals surface area contributed by atoms with Gasteiger partial charge in [0.25, 0.3) is 0 Å². The van der Waals surface area contributed by atoms with Crippen LogP contribution in [0.25, 0.3) is 6.08 Å². The number of benzene rings is 1. The second kappa shape index (κ2) is 4.62. The van der Waals surface area contributed by atoms with Crippen LogP contribution in [0.2, 0.25) is 0 Å². The van der Waals surface area contributed by atoms with Crippen molar-refractivity contribution in [2.45, 2.75) is 19.8 Å². The van der Waals surface area contributed by atoms with Crippen molar-refractivity contribution in [1.29, 1.82) is 0 Å². The molecule has 1 aromatic rings. The Hall–Kier alpha value is -1.77. The molecule has 0 saturated heterocycles. The fourth-order valence-electron chi connectivity index (χ4n) is 2.10. The molecule has 0 saturated carbocycles. The van der Waals surface area contributed by atoms with E-state index in [1.807, 2.05) is 6.08 Å². The van der Waals surface area contributed by atoms with Gasteiger partial charge in [0.05, 0.1) is 5.76 Å². The summed E-state index contributed by atoms with van der Waals surface area (Å²) in [7, 11) is 0. The molecule has 1 aromatic carbocycles. The molecule has 3 heteroatoms. The van der Waals surface area contributed by atoms with E-state index in [1.54, 1.807) is 13.0 Å². The van der Waals surface area contributed by atoms with E-state index >= 15 is 0 Å². The van der Waals surface area contributed by atoms with Crippen molar-refractivity contribution in [3.05, 3.63) is 47.0 Å². The van der Waals surface area contributed by atoms with E-state index in [0.29, 0.717) is 17.9 Å². The summed E-state index contributed by atoms with van der Waals surface area (Å²) < 4.78 is 19.0. The summed E-state index contributed by atoms with van der Waals surface area (Å²) in [6.45, 7) is 5.88. The second-order valence-corrected chi connectivity index (χ2v) is 4.18. The van der Waals surface area contributed by atoms with Crippen molar-refractivity contribution in [1.82, 2.24) is 0 Å². The highest BCUT2D eigenvalue weighted by molar-refractivity contribution is 5.71. The molecule has 0 unspecified atom stereocenters. The Bertz CT molecular complexity index is 491. The summed E-state index contributed by atoms with van der Waals surface area (Å²) in [5, 5.41) is 0. The average molecular weight is 233 g/mol. The highest BCUT2D eigenvalue weighted by Gasteiger charge is 2.18. The monoisotopic (exact) mass is 233 g/mol. The zero-order chi connectivity index (χ0) is 12.4. The number of ether oxygens (including phenoxy) is 1. The first-order chi connectivity index (χ1) is 8.13.